The van der Waals surface area contributed by atoms with Gasteiger partial charge in [0.1, 0.15) is 0 Å². The quantitative estimate of drug-likeness (QED) is 0.867. The van der Waals surface area contributed by atoms with Crippen molar-refractivity contribution < 1.29 is 9.32 Å². The summed E-state index contributed by atoms with van der Waals surface area (Å²) < 4.78 is 12.2. The van der Waals surface area contributed by atoms with Crippen LogP contribution < -0.4 is 0 Å². The van der Waals surface area contributed by atoms with Crippen LogP contribution in [0.3, 0.4) is 0 Å². The Kier molecular flexibility index (Phi) is 5.55. The first-order valence-corrected chi connectivity index (χ1v) is 8.34. The minimum Gasteiger partial charge on any atom is -0.393 e. The van der Waals surface area contributed by atoms with Crippen LogP contribution in [0.5, 0.6) is 0 Å². The maximum Gasteiger partial charge on any atom is 0.0542 e. The first-order chi connectivity index (χ1) is 9.16. The second-order valence-corrected chi connectivity index (χ2v) is 6.85. The minimum absolute atomic E-state index is 0.245. The number of aliphatic hydroxyl groups excluding tert-OH is 1. The van der Waals surface area contributed by atoms with E-state index in [1.54, 1.807) is 0 Å². The van der Waals surface area contributed by atoms with Crippen LogP contribution in [-0.2, 0) is 10.8 Å². The Balaban J connectivity index is 1.83. The molecule has 0 spiro atoms. The smallest absolute Gasteiger partial charge is 0.0542 e. The molecule has 0 aromatic heterocycles. The van der Waals surface area contributed by atoms with E-state index < -0.39 is 10.8 Å². The molecule has 0 aliphatic carbocycles. The van der Waals surface area contributed by atoms with Crippen molar-refractivity contribution in [3.8, 4) is 0 Å². The Bertz CT molecular complexity index is 408. The highest BCUT2D eigenvalue weighted by atomic mass is 32.2. The lowest BCUT2D eigenvalue weighted by molar-refractivity contribution is 0.137. The van der Waals surface area contributed by atoms with Crippen molar-refractivity contribution >= 4 is 10.8 Å². The molecule has 1 aromatic carbocycles. The minimum atomic E-state index is -0.911. The molecule has 0 saturated carbocycles. The van der Waals surface area contributed by atoms with Crippen LogP contribution >= 0.6 is 0 Å². The van der Waals surface area contributed by atoms with Gasteiger partial charge in [0.25, 0.3) is 0 Å². The van der Waals surface area contributed by atoms with Crippen molar-refractivity contribution in [2.45, 2.75) is 43.2 Å². The van der Waals surface area contributed by atoms with Gasteiger partial charge in [0.05, 0.1) is 16.9 Å². The van der Waals surface area contributed by atoms with Crippen molar-refractivity contribution in [3.63, 3.8) is 0 Å². The molecule has 0 radical (unpaired) electrons. The molecule has 3 nitrogen and oxygen atoms in total. The lowest BCUT2D eigenvalue weighted by atomic mass is 10.1. The van der Waals surface area contributed by atoms with Crippen molar-refractivity contribution in [2.24, 2.45) is 0 Å². The molecular formula is C15H23NO2S. The molecule has 1 saturated heterocycles. The first kappa shape index (κ1) is 14.7. The fourth-order valence-electron chi connectivity index (χ4n) is 2.74. The number of benzene rings is 1. The Hall–Kier alpha value is -0.710. The summed E-state index contributed by atoms with van der Waals surface area (Å²) >= 11 is 0. The molecule has 1 heterocycles. The summed E-state index contributed by atoms with van der Waals surface area (Å²) in [5, 5.41) is 9.50. The number of hydrogen-bond donors (Lipinski definition) is 1. The standard InChI is InChI=1S/C15H23NO2S/c1-13(17)12-14-6-5-9-16(14)10-11-19(18)15-7-3-2-4-8-15/h2-4,7-8,13-14,17H,5-6,9-12H2,1H3. The van der Waals surface area contributed by atoms with Crippen molar-refractivity contribution in [1.29, 1.82) is 0 Å². The zero-order valence-corrected chi connectivity index (χ0v) is 12.3. The summed E-state index contributed by atoms with van der Waals surface area (Å²) in [4.78, 5) is 3.29. The van der Waals surface area contributed by atoms with Crippen LogP contribution in [0.2, 0.25) is 0 Å². The fraction of sp³-hybridized carbons (Fsp3) is 0.600. The summed E-state index contributed by atoms with van der Waals surface area (Å²) in [5.41, 5.74) is 0. The van der Waals surface area contributed by atoms with Crippen LogP contribution in [0.4, 0.5) is 0 Å². The summed E-state index contributed by atoms with van der Waals surface area (Å²) in [7, 11) is -0.911. The second-order valence-electron chi connectivity index (χ2n) is 5.28. The zero-order valence-electron chi connectivity index (χ0n) is 11.5. The highest BCUT2D eigenvalue weighted by Crippen LogP contribution is 2.21. The first-order valence-electron chi connectivity index (χ1n) is 7.02. The fourth-order valence-corrected chi connectivity index (χ4v) is 3.84. The van der Waals surface area contributed by atoms with Crippen LogP contribution in [0, 0.1) is 0 Å². The van der Waals surface area contributed by atoms with E-state index in [4.69, 9.17) is 0 Å². The van der Waals surface area contributed by atoms with Gasteiger partial charge in [0, 0.05) is 23.2 Å². The Labute approximate surface area is 118 Å². The van der Waals surface area contributed by atoms with Crippen molar-refractivity contribution in [3.05, 3.63) is 30.3 Å². The Morgan fingerprint density at radius 2 is 2.16 bits per heavy atom. The molecule has 1 aromatic rings. The molecule has 2 rings (SSSR count). The van der Waals surface area contributed by atoms with Gasteiger partial charge in [-0.1, -0.05) is 18.2 Å². The molecular weight excluding hydrogens is 258 g/mol. The topological polar surface area (TPSA) is 40.5 Å². The number of rotatable bonds is 6. The van der Waals surface area contributed by atoms with Gasteiger partial charge in [0.15, 0.2) is 0 Å². The van der Waals surface area contributed by atoms with Gasteiger partial charge in [-0.3, -0.25) is 9.11 Å². The number of aliphatic hydroxyl groups is 1. The molecule has 0 bridgehead atoms. The third-order valence-corrected chi connectivity index (χ3v) is 5.03. The second kappa shape index (κ2) is 7.17. The summed E-state index contributed by atoms with van der Waals surface area (Å²) in [5.74, 6) is 0.681. The molecule has 1 aliphatic rings. The highest BCUT2D eigenvalue weighted by Gasteiger charge is 2.25. The summed E-state index contributed by atoms with van der Waals surface area (Å²) in [6, 6.07) is 10.1. The molecule has 1 aliphatic heterocycles. The normalized spacial score (nSPS) is 23.4. The van der Waals surface area contributed by atoms with Gasteiger partial charge in [0.2, 0.25) is 0 Å². The molecule has 19 heavy (non-hydrogen) atoms. The van der Waals surface area contributed by atoms with Crippen LogP contribution in [0.25, 0.3) is 0 Å². The average molecular weight is 281 g/mol. The maximum atomic E-state index is 12.2. The lowest BCUT2D eigenvalue weighted by Gasteiger charge is -2.25. The van der Waals surface area contributed by atoms with E-state index >= 15 is 0 Å². The third-order valence-electron chi connectivity index (χ3n) is 3.68. The van der Waals surface area contributed by atoms with Crippen LogP contribution in [-0.4, -0.2) is 45.2 Å². The summed E-state index contributed by atoms with van der Waals surface area (Å²) in [6.07, 6.45) is 2.93. The maximum absolute atomic E-state index is 12.2. The molecule has 1 N–H and O–H groups in total. The third kappa shape index (κ3) is 4.41. The molecule has 4 heteroatoms. The Morgan fingerprint density at radius 1 is 1.42 bits per heavy atom. The van der Waals surface area contributed by atoms with Gasteiger partial charge in [-0.2, -0.15) is 0 Å². The van der Waals surface area contributed by atoms with E-state index in [0.717, 1.165) is 30.8 Å². The van der Waals surface area contributed by atoms with E-state index in [1.165, 1.54) is 6.42 Å². The van der Waals surface area contributed by atoms with E-state index in [2.05, 4.69) is 4.90 Å². The van der Waals surface area contributed by atoms with Crippen LogP contribution in [0.15, 0.2) is 35.2 Å². The monoisotopic (exact) mass is 281 g/mol. The highest BCUT2D eigenvalue weighted by molar-refractivity contribution is 7.85. The van der Waals surface area contributed by atoms with Gasteiger partial charge in [-0.05, 0) is 44.9 Å². The molecule has 0 amide bonds. The molecule has 3 unspecified atom stereocenters. The number of likely N-dealkylation sites (tertiary alicyclic amines) is 1. The molecule has 1 fully saturated rings. The lowest BCUT2D eigenvalue weighted by Crippen LogP contribution is -2.34. The van der Waals surface area contributed by atoms with E-state index in [9.17, 15) is 9.32 Å². The zero-order chi connectivity index (χ0) is 13.7. The van der Waals surface area contributed by atoms with Crippen molar-refractivity contribution in [2.75, 3.05) is 18.8 Å². The summed E-state index contributed by atoms with van der Waals surface area (Å²) in [6.45, 7) is 3.78. The van der Waals surface area contributed by atoms with Gasteiger partial charge < -0.3 is 5.11 Å². The number of hydrogen-bond acceptors (Lipinski definition) is 3. The molecule has 106 valence electrons. The average Bonchev–Trinajstić information content (AvgIpc) is 2.83. The van der Waals surface area contributed by atoms with E-state index in [0.29, 0.717) is 11.8 Å². The van der Waals surface area contributed by atoms with Gasteiger partial charge >= 0.3 is 0 Å². The predicted octanol–water partition coefficient (Wildman–Crippen LogP) is 2.03. The van der Waals surface area contributed by atoms with E-state index in [-0.39, 0.29) is 6.10 Å². The van der Waals surface area contributed by atoms with Gasteiger partial charge in [-0.25, -0.2) is 0 Å². The number of nitrogens with zero attached hydrogens (tertiary/aromatic N) is 1. The van der Waals surface area contributed by atoms with Crippen molar-refractivity contribution in [1.82, 2.24) is 4.90 Å². The predicted molar refractivity (Wildman–Crippen MR) is 78.6 cm³/mol. The largest absolute Gasteiger partial charge is 0.393 e. The Morgan fingerprint density at radius 3 is 2.84 bits per heavy atom. The SMILES string of the molecule is CC(O)CC1CCCN1CCS(=O)c1ccccc1. The van der Waals surface area contributed by atoms with Crippen LogP contribution in [0.1, 0.15) is 26.2 Å². The van der Waals surface area contributed by atoms with Gasteiger partial charge in [-0.15, -0.1) is 0 Å². The molecule has 3 atom stereocenters. The van der Waals surface area contributed by atoms with E-state index in [1.807, 2.05) is 37.3 Å².